The molecular weight excluding hydrogens is 384 g/mol. The second kappa shape index (κ2) is 11.3. The van der Waals surface area contributed by atoms with Crippen molar-refractivity contribution in [1.29, 1.82) is 0 Å². The van der Waals surface area contributed by atoms with Gasteiger partial charge in [-0.2, -0.15) is 0 Å². The molecule has 0 N–H and O–H groups in total. The van der Waals surface area contributed by atoms with Gasteiger partial charge in [0.15, 0.2) is 0 Å². The first-order valence-corrected chi connectivity index (χ1v) is 9.77. The van der Waals surface area contributed by atoms with Crippen molar-refractivity contribution in [3.05, 3.63) is 34.3 Å². The summed E-state index contributed by atoms with van der Waals surface area (Å²) in [4.78, 5) is 23.9. The molecule has 0 aliphatic rings. The minimum absolute atomic E-state index is 0.0407. The van der Waals surface area contributed by atoms with Gasteiger partial charge in [0.05, 0.1) is 0 Å². The number of ether oxygens (including phenoxy) is 2. The summed E-state index contributed by atoms with van der Waals surface area (Å²) in [5.41, 5.74) is 0.932. The highest BCUT2D eigenvalue weighted by atomic mass is 79.9. The van der Waals surface area contributed by atoms with Crippen molar-refractivity contribution < 1.29 is 19.1 Å². The molecule has 0 aromatic heterocycles. The summed E-state index contributed by atoms with van der Waals surface area (Å²) in [6.07, 6.45) is 2.40. The maximum atomic E-state index is 11.9. The average Bonchev–Trinajstić information content (AvgIpc) is 2.54. The molecule has 0 aliphatic carbocycles. The highest BCUT2D eigenvalue weighted by Gasteiger charge is 2.18. The number of esters is 2. The Balaban J connectivity index is 2.33. The minimum Gasteiger partial charge on any atom is -0.462 e. The van der Waals surface area contributed by atoms with Gasteiger partial charge >= 0.3 is 11.9 Å². The van der Waals surface area contributed by atoms with Crippen LogP contribution in [0.15, 0.2) is 28.7 Å². The zero-order chi connectivity index (χ0) is 18.8. The Hall–Kier alpha value is -1.36. The van der Waals surface area contributed by atoms with Crippen LogP contribution in [0.1, 0.15) is 71.5 Å². The van der Waals surface area contributed by atoms with Gasteiger partial charge in [0.25, 0.3) is 0 Å². The van der Waals surface area contributed by atoms with Crippen LogP contribution in [0.4, 0.5) is 0 Å². The second-order valence-electron chi connectivity index (χ2n) is 6.60. The van der Waals surface area contributed by atoms with Gasteiger partial charge in [0.1, 0.15) is 12.2 Å². The van der Waals surface area contributed by atoms with Gasteiger partial charge in [-0.25, -0.2) is 0 Å². The van der Waals surface area contributed by atoms with Crippen LogP contribution in [-0.2, 0) is 19.1 Å². The summed E-state index contributed by atoms with van der Waals surface area (Å²) in [5.74, 6) is -0.228. The standard InChI is InChI=1S/C20H29BrO4/c1-5-8-18(14(2)3)25-20(23)12-7-11-19(22)24-15(4)16-9-6-10-17(21)13-16/h6,9-10,13-15,18H,5,7-8,11-12H2,1-4H3. The molecule has 4 nitrogen and oxygen atoms in total. The first kappa shape index (κ1) is 21.7. The smallest absolute Gasteiger partial charge is 0.306 e. The lowest BCUT2D eigenvalue weighted by molar-refractivity contribution is -0.152. The molecule has 0 bridgehead atoms. The predicted octanol–water partition coefficient (Wildman–Crippen LogP) is 5.59. The molecule has 0 aliphatic heterocycles. The van der Waals surface area contributed by atoms with Crippen LogP contribution in [0, 0.1) is 5.92 Å². The van der Waals surface area contributed by atoms with E-state index < -0.39 is 0 Å². The third kappa shape index (κ3) is 8.52. The Morgan fingerprint density at radius 1 is 1.08 bits per heavy atom. The van der Waals surface area contributed by atoms with Gasteiger partial charge in [-0.3, -0.25) is 9.59 Å². The van der Waals surface area contributed by atoms with Crippen LogP contribution in [0.2, 0.25) is 0 Å². The fourth-order valence-electron chi connectivity index (χ4n) is 2.50. The summed E-state index contributed by atoms with van der Waals surface area (Å²) in [6.45, 7) is 8.01. The van der Waals surface area contributed by atoms with Gasteiger partial charge in [0, 0.05) is 17.3 Å². The SMILES string of the molecule is CCCC(OC(=O)CCCC(=O)OC(C)c1cccc(Br)c1)C(C)C. The van der Waals surface area contributed by atoms with Crippen molar-refractivity contribution in [1.82, 2.24) is 0 Å². The van der Waals surface area contributed by atoms with Crippen molar-refractivity contribution in [2.75, 3.05) is 0 Å². The molecule has 0 saturated heterocycles. The van der Waals surface area contributed by atoms with Gasteiger partial charge in [-0.15, -0.1) is 0 Å². The summed E-state index contributed by atoms with van der Waals surface area (Å²) in [6, 6.07) is 7.67. The van der Waals surface area contributed by atoms with E-state index in [-0.39, 0.29) is 37.0 Å². The van der Waals surface area contributed by atoms with E-state index >= 15 is 0 Å². The van der Waals surface area contributed by atoms with E-state index in [2.05, 4.69) is 22.9 Å². The van der Waals surface area contributed by atoms with Crippen LogP contribution in [-0.4, -0.2) is 18.0 Å². The fraction of sp³-hybridized carbons (Fsp3) is 0.600. The minimum atomic E-state index is -0.313. The quantitative estimate of drug-likeness (QED) is 0.469. The van der Waals surface area contributed by atoms with E-state index in [1.54, 1.807) is 0 Å². The lowest BCUT2D eigenvalue weighted by Crippen LogP contribution is -2.23. The van der Waals surface area contributed by atoms with Crippen LogP contribution in [0.25, 0.3) is 0 Å². The number of carbonyl (C=O) groups excluding carboxylic acids is 2. The molecule has 25 heavy (non-hydrogen) atoms. The molecule has 0 amide bonds. The monoisotopic (exact) mass is 412 g/mol. The van der Waals surface area contributed by atoms with Gasteiger partial charge in [-0.1, -0.05) is 55.3 Å². The van der Waals surface area contributed by atoms with Crippen LogP contribution >= 0.6 is 15.9 Å². The Morgan fingerprint density at radius 3 is 2.28 bits per heavy atom. The lowest BCUT2D eigenvalue weighted by atomic mass is 10.0. The predicted molar refractivity (Wildman–Crippen MR) is 102 cm³/mol. The highest BCUT2D eigenvalue weighted by Crippen LogP contribution is 2.21. The van der Waals surface area contributed by atoms with E-state index in [0.717, 1.165) is 22.9 Å². The maximum Gasteiger partial charge on any atom is 0.306 e. The van der Waals surface area contributed by atoms with Crippen molar-refractivity contribution in [2.24, 2.45) is 5.92 Å². The normalized spacial score (nSPS) is 13.4. The molecule has 0 fully saturated rings. The summed E-state index contributed by atoms with van der Waals surface area (Å²) < 4.78 is 11.9. The van der Waals surface area contributed by atoms with Crippen molar-refractivity contribution in [3.8, 4) is 0 Å². The molecule has 140 valence electrons. The summed E-state index contributed by atoms with van der Waals surface area (Å²) >= 11 is 3.40. The molecule has 5 heteroatoms. The van der Waals surface area contributed by atoms with Crippen LogP contribution < -0.4 is 0 Å². The van der Waals surface area contributed by atoms with Gasteiger partial charge in [0.2, 0.25) is 0 Å². The third-order valence-corrected chi connectivity index (χ3v) is 4.48. The molecule has 1 rings (SSSR count). The van der Waals surface area contributed by atoms with Crippen LogP contribution in [0.3, 0.4) is 0 Å². The number of benzene rings is 1. The number of hydrogen-bond acceptors (Lipinski definition) is 4. The molecule has 0 heterocycles. The Bertz CT molecular complexity index is 556. The van der Waals surface area contributed by atoms with Gasteiger partial charge < -0.3 is 9.47 Å². The van der Waals surface area contributed by atoms with Crippen LogP contribution in [0.5, 0.6) is 0 Å². The number of halogens is 1. The van der Waals surface area contributed by atoms with Crippen molar-refractivity contribution in [3.63, 3.8) is 0 Å². The van der Waals surface area contributed by atoms with Gasteiger partial charge in [-0.05, 0) is 43.4 Å². The molecule has 0 saturated carbocycles. The number of rotatable bonds is 10. The largest absolute Gasteiger partial charge is 0.462 e. The molecular formula is C20H29BrO4. The van der Waals surface area contributed by atoms with E-state index in [1.165, 1.54) is 0 Å². The van der Waals surface area contributed by atoms with E-state index in [4.69, 9.17) is 9.47 Å². The fourth-order valence-corrected chi connectivity index (χ4v) is 2.92. The Kier molecular flexibility index (Phi) is 9.79. The van der Waals surface area contributed by atoms with E-state index in [9.17, 15) is 9.59 Å². The molecule has 2 atom stereocenters. The molecule has 0 spiro atoms. The number of carbonyl (C=O) groups is 2. The molecule has 0 radical (unpaired) electrons. The number of hydrogen-bond donors (Lipinski definition) is 0. The highest BCUT2D eigenvalue weighted by molar-refractivity contribution is 9.10. The molecule has 1 aromatic rings. The van der Waals surface area contributed by atoms with Crippen molar-refractivity contribution in [2.45, 2.75) is 72.0 Å². The summed E-state index contributed by atoms with van der Waals surface area (Å²) in [5, 5.41) is 0. The summed E-state index contributed by atoms with van der Waals surface area (Å²) in [7, 11) is 0. The Morgan fingerprint density at radius 2 is 1.72 bits per heavy atom. The zero-order valence-corrected chi connectivity index (χ0v) is 17.2. The first-order chi connectivity index (χ1) is 11.8. The average molecular weight is 413 g/mol. The zero-order valence-electron chi connectivity index (χ0n) is 15.6. The third-order valence-electron chi connectivity index (χ3n) is 3.99. The second-order valence-corrected chi connectivity index (χ2v) is 7.52. The molecule has 1 aromatic carbocycles. The first-order valence-electron chi connectivity index (χ1n) is 8.97. The van der Waals surface area contributed by atoms with E-state index in [0.29, 0.717) is 12.3 Å². The lowest BCUT2D eigenvalue weighted by Gasteiger charge is -2.20. The topological polar surface area (TPSA) is 52.6 Å². The Labute approximate surface area is 159 Å². The van der Waals surface area contributed by atoms with E-state index in [1.807, 2.05) is 45.0 Å². The maximum absolute atomic E-state index is 11.9. The van der Waals surface area contributed by atoms with Crippen molar-refractivity contribution >= 4 is 27.9 Å². The molecule has 2 unspecified atom stereocenters.